The Kier molecular flexibility index (Phi) is 3.80. The molecule has 3 aliphatic heterocycles. The van der Waals surface area contributed by atoms with Crippen LogP contribution in [0.5, 0.6) is 11.5 Å². The summed E-state index contributed by atoms with van der Waals surface area (Å²) in [6.07, 6.45) is 0. The topological polar surface area (TPSA) is 117 Å². The minimum Gasteiger partial charge on any atom is -0.488 e. The lowest BCUT2D eigenvalue weighted by Crippen LogP contribution is -2.91. The summed E-state index contributed by atoms with van der Waals surface area (Å²) >= 11 is 0. The van der Waals surface area contributed by atoms with Crippen molar-refractivity contribution < 1.29 is 28.7 Å². The molecule has 10 heteroatoms. The summed E-state index contributed by atoms with van der Waals surface area (Å²) in [5, 5.41) is 4.77. The van der Waals surface area contributed by atoms with Gasteiger partial charge in [0.1, 0.15) is 13.2 Å². The fourth-order valence-electron chi connectivity index (χ4n) is 5.38. The molecule has 3 heterocycles. The molecular weight excluding hydrogens is 392 g/mol. The number of rotatable bonds is 0. The Morgan fingerprint density at radius 2 is 1.20 bits per heavy atom. The van der Waals surface area contributed by atoms with E-state index in [-0.39, 0.29) is 26.3 Å². The molecule has 3 fully saturated rings. The quantitative estimate of drug-likeness (QED) is 0.632. The Balaban J connectivity index is 1.59. The van der Waals surface area contributed by atoms with Crippen LogP contribution in [-0.4, -0.2) is 72.1 Å². The van der Waals surface area contributed by atoms with Crippen molar-refractivity contribution in [1.82, 2.24) is 20.4 Å². The second-order valence-electron chi connectivity index (χ2n) is 8.34. The van der Waals surface area contributed by atoms with E-state index in [0.29, 0.717) is 11.5 Å². The van der Waals surface area contributed by atoms with E-state index in [9.17, 15) is 19.2 Å². The molecule has 0 bridgehead atoms. The highest BCUT2D eigenvalue weighted by molar-refractivity contribution is 6.10. The highest BCUT2D eigenvalue weighted by atomic mass is 16.5. The highest BCUT2D eigenvalue weighted by Crippen LogP contribution is 2.62. The molecule has 1 saturated carbocycles. The molecule has 5 rings (SSSR count). The summed E-state index contributed by atoms with van der Waals surface area (Å²) in [4.78, 5) is 54.2. The van der Waals surface area contributed by atoms with E-state index in [1.807, 2.05) is 12.1 Å². The first-order valence-corrected chi connectivity index (χ1v) is 9.89. The monoisotopic (exact) mass is 414 g/mol. The van der Waals surface area contributed by atoms with E-state index in [2.05, 4.69) is 10.6 Å². The Hall–Kier alpha value is -3.30. The molecule has 10 nitrogen and oxygen atoms in total. The smallest absolute Gasteiger partial charge is 0.324 e. The molecule has 2 N–H and O–H groups in total. The van der Waals surface area contributed by atoms with Crippen LogP contribution >= 0.6 is 0 Å². The lowest BCUT2D eigenvalue weighted by Gasteiger charge is -2.71. The minimum absolute atomic E-state index is 0.165. The van der Waals surface area contributed by atoms with Crippen LogP contribution in [0.3, 0.4) is 0 Å². The third-order valence-electron chi connectivity index (χ3n) is 7.17. The Morgan fingerprint density at radius 1 is 0.800 bits per heavy atom. The lowest BCUT2D eigenvalue weighted by atomic mass is 9.42. The maximum absolute atomic E-state index is 12.9. The van der Waals surface area contributed by atoms with Crippen molar-refractivity contribution in [2.24, 2.45) is 10.8 Å². The first-order valence-electron chi connectivity index (χ1n) is 9.89. The van der Waals surface area contributed by atoms with Gasteiger partial charge in [0.2, 0.25) is 11.8 Å². The van der Waals surface area contributed by atoms with Gasteiger partial charge >= 0.3 is 12.1 Å². The van der Waals surface area contributed by atoms with Crippen LogP contribution in [0.1, 0.15) is 13.8 Å². The van der Waals surface area contributed by atoms with E-state index < -0.39 is 46.8 Å². The summed E-state index contributed by atoms with van der Waals surface area (Å²) in [7, 11) is 0. The van der Waals surface area contributed by atoms with Gasteiger partial charge in [-0.15, -0.1) is 0 Å². The van der Waals surface area contributed by atoms with Crippen molar-refractivity contribution >= 4 is 23.9 Å². The van der Waals surface area contributed by atoms with Gasteiger partial charge in [0, 0.05) is 0 Å². The Bertz CT molecular complexity index is 905. The van der Waals surface area contributed by atoms with Crippen molar-refractivity contribution in [1.29, 1.82) is 0 Å². The predicted octanol–water partition coefficient (Wildman–Crippen LogP) is 0.325. The average molecular weight is 414 g/mol. The minimum atomic E-state index is -1.18. The van der Waals surface area contributed by atoms with Gasteiger partial charge < -0.3 is 19.3 Å². The molecule has 1 aliphatic carbocycles. The highest BCUT2D eigenvalue weighted by Gasteiger charge is 2.80. The second kappa shape index (κ2) is 6.10. The lowest BCUT2D eigenvalue weighted by molar-refractivity contribution is -0.214. The zero-order chi connectivity index (χ0) is 21.3. The number of para-hydroxylation sites is 2. The zero-order valence-electron chi connectivity index (χ0n) is 16.6. The molecule has 30 heavy (non-hydrogen) atoms. The summed E-state index contributed by atoms with van der Waals surface area (Å²) < 4.78 is 11.7. The van der Waals surface area contributed by atoms with Gasteiger partial charge in [-0.25, -0.2) is 9.59 Å². The van der Waals surface area contributed by atoms with E-state index in [0.717, 1.165) is 0 Å². The van der Waals surface area contributed by atoms with Gasteiger partial charge in [0.05, 0.1) is 36.0 Å². The maximum atomic E-state index is 12.9. The number of nitrogens with zero attached hydrogens (tertiary/aromatic N) is 2. The molecule has 4 atom stereocenters. The van der Waals surface area contributed by atoms with Crippen LogP contribution in [-0.2, 0) is 9.59 Å². The first-order chi connectivity index (χ1) is 14.3. The molecule has 1 aromatic carbocycles. The number of amides is 6. The van der Waals surface area contributed by atoms with Crippen LogP contribution in [0.15, 0.2) is 24.3 Å². The number of ether oxygens (including phenoxy) is 2. The standard InChI is InChI=1S/C20H22N4O6/c1-19-13-14-20(19,2)16(26)22-18(28)24(14)8-10-30-12-6-4-3-5-11(12)29-9-7-23(13)17(27)21-15(19)25/h3-6,13-14H,7-10H2,1-2H3,(H,21,25,27)(H,22,26,28)/t13-,14-,19+,20+/m1/s1. The molecule has 158 valence electrons. The van der Waals surface area contributed by atoms with Gasteiger partial charge in [0.15, 0.2) is 11.5 Å². The number of carbonyl (C=O) groups excluding carboxylic acids is 4. The number of imide groups is 2. The van der Waals surface area contributed by atoms with Crippen LogP contribution in [0.2, 0.25) is 0 Å². The van der Waals surface area contributed by atoms with E-state index >= 15 is 0 Å². The molecule has 0 radical (unpaired) electrons. The summed E-state index contributed by atoms with van der Waals surface area (Å²) in [5.74, 6) is 0.0447. The van der Waals surface area contributed by atoms with Crippen LogP contribution in [0, 0.1) is 10.8 Å². The molecule has 2 saturated heterocycles. The van der Waals surface area contributed by atoms with E-state index in [4.69, 9.17) is 9.47 Å². The van der Waals surface area contributed by atoms with Crippen molar-refractivity contribution in [3.05, 3.63) is 24.3 Å². The van der Waals surface area contributed by atoms with Crippen molar-refractivity contribution in [2.45, 2.75) is 25.9 Å². The number of urea groups is 2. The second-order valence-corrected chi connectivity index (χ2v) is 8.34. The normalized spacial score (nSPS) is 35.3. The molecular formula is C20H22N4O6. The Morgan fingerprint density at radius 3 is 1.60 bits per heavy atom. The first kappa shape index (κ1) is 18.7. The molecule has 0 aromatic heterocycles. The van der Waals surface area contributed by atoms with Gasteiger partial charge in [0.25, 0.3) is 0 Å². The summed E-state index contributed by atoms with van der Waals surface area (Å²) in [6, 6.07) is 4.78. The Labute approximate surface area is 172 Å². The summed E-state index contributed by atoms with van der Waals surface area (Å²) in [5.41, 5.74) is -2.37. The van der Waals surface area contributed by atoms with Gasteiger partial charge in [-0.05, 0) is 26.0 Å². The number of fused-ring (bicyclic) bond motifs is 2. The van der Waals surface area contributed by atoms with E-state index in [1.165, 1.54) is 9.80 Å². The molecule has 0 unspecified atom stereocenters. The summed E-state index contributed by atoms with van der Waals surface area (Å²) in [6.45, 7) is 4.05. The average Bonchev–Trinajstić information content (AvgIpc) is 2.70. The van der Waals surface area contributed by atoms with Crippen molar-refractivity contribution in [3.63, 3.8) is 0 Å². The number of hydrogen-bond donors (Lipinski definition) is 2. The molecule has 0 spiro atoms. The van der Waals surface area contributed by atoms with Gasteiger partial charge in [-0.2, -0.15) is 0 Å². The molecule has 4 aliphatic rings. The molecule has 6 amide bonds. The third kappa shape index (κ3) is 2.13. The predicted molar refractivity (Wildman–Crippen MR) is 102 cm³/mol. The number of carbonyl (C=O) groups is 4. The van der Waals surface area contributed by atoms with Crippen LogP contribution in [0.4, 0.5) is 9.59 Å². The van der Waals surface area contributed by atoms with Crippen molar-refractivity contribution in [3.8, 4) is 11.5 Å². The van der Waals surface area contributed by atoms with Crippen LogP contribution in [0.25, 0.3) is 0 Å². The van der Waals surface area contributed by atoms with Gasteiger partial charge in [-0.1, -0.05) is 12.1 Å². The van der Waals surface area contributed by atoms with E-state index in [1.54, 1.807) is 26.0 Å². The number of hydrogen-bond acceptors (Lipinski definition) is 6. The third-order valence-corrected chi connectivity index (χ3v) is 7.17. The fourth-order valence-corrected chi connectivity index (χ4v) is 5.38. The van der Waals surface area contributed by atoms with Crippen LogP contribution < -0.4 is 20.1 Å². The molecule has 1 aromatic rings. The number of benzene rings is 1. The SMILES string of the molecule is C[C@]12C(=O)NC(=O)N3CCOc4ccccc4OCCN4C(=O)NC(=O)[C@]1(C)[C@H]4[C@@H]32. The van der Waals surface area contributed by atoms with Crippen molar-refractivity contribution in [2.75, 3.05) is 26.3 Å². The zero-order valence-corrected chi connectivity index (χ0v) is 16.6. The fraction of sp³-hybridized carbons (Fsp3) is 0.500. The number of nitrogens with one attached hydrogen (secondary N) is 2. The largest absolute Gasteiger partial charge is 0.488 e. The maximum Gasteiger partial charge on any atom is 0.324 e. The van der Waals surface area contributed by atoms with Gasteiger partial charge in [-0.3, -0.25) is 20.2 Å².